The highest BCUT2D eigenvalue weighted by atomic mass is 35.5. The summed E-state index contributed by atoms with van der Waals surface area (Å²) in [5.74, 6) is 0.680. The summed E-state index contributed by atoms with van der Waals surface area (Å²) < 4.78 is 5.07. The second-order valence-corrected chi connectivity index (χ2v) is 4.16. The Morgan fingerprint density at radius 1 is 1.53 bits per heavy atom. The van der Waals surface area contributed by atoms with E-state index in [4.69, 9.17) is 16.3 Å². The van der Waals surface area contributed by atoms with Gasteiger partial charge in [0.2, 0.25) is 5.91 Å². The molecule has 1 rings (SSSR count). The smallest absolute Gasteiger partial charge is 0.236 e. The van der Waals surface area contributed by atoms with Gasteiger partial charge in [-0.2, -0.15) is 0 Å². The van der Waals surface area contributed by atoms with E-state index < -0.39 is 0 Å². The number of amides is 1. The molecule has 5 heteroatoms. The van der Waals surface area contributed by atoms with E-state index in [9.17, 15) is 4.79 Å². The third kappa shape index (κ3) is 3.91. The first-order valence-corrected chi connectivity index (χ1v) is 5.67. The molecule has 0 aliphatic rings. The summed E-state index contributed by atoms with van der Waals surface area (Å²) in [5, 5.41) is 3.38. The average molecular weight is 257 g/mol. The van der Waals surface area contributed by atoms with Crippen LogP contribution in [0.15, 0.2) is 18.2 Å². The van der Waals surface area contributed by atoms with E-state index in [0.717, 1.165) is 5.56 Å². The summed E-state index contributed by atoms with van der Waals surface area (Å²) >= 11 is 6.01. The van der Waals surface area contributed by atoms with Gasteiger partial charge in [-0.3, -0.25) is 4.79 Å². The molecule has 0 aromatic heterocycles. The molecular formula is C12H17ClN2O2. The Balaban J connectivity index is 2.68. The first kappa shape index (κ1) is 13.8. The van der Waals surface area contributed by atoms with E-state index in [1.54, 1.807) is 32.2 Å². The van der Waals surface area contributed by atoms with Crippen molar-refractivity contribution in [2.45, 2.75) is 6.54 Å². The predicted octanol–water partition coefficient (Wildman–Crippen LogP) is 1.53. The van der Waals surface area contributed by atoms with Crippen molar-refractivity contribution in [3.63, 3.8) is 0 Å². The van der Waals surface area contributed by atoms with Crippen LogP contribution in [0.3, 0.4) is 0 Å². The van der Waals surface area contributed by atoms with Gasteiger partial charge < -0.3 is 15.0 Å². The number of nitrogens with one attached hydrogen (secondary N) is 1. The number of carbonyl (C=O) groups is 1. The van der Waals surface area contributed by atoms with Gasteiger partial charge in [-0.1, -0.05) is 17.7 Å². The summed E-state index contributed by atoms with van der Waals surface area (Å²) in [6.45, 7) is 0.866. The minimum absolute atomic E-state index is 0.0411. The van der Waals surface area contributed by atoms with Crippen molar-refractivity contribution >= 4 is 17.5 Å². The highest BCUT2D eigenvalue weighted by Gasteiger charge is 2.09. The Hall–Kier alpha value is -1.26. The standard InChI is InChI=1S/C12H17ClN2O2/c1-14-7-12(16)15(2)8-9-4-5-11(17-3)10(13)6-9/h4-6,14H,7-8H2,1-3H3. The van der Waals surface area contributed by atoms with Crippen molar-refractivity contribution < 1.29 is 9.53 Å². The molecule has 1 N–H and O–H groups in total. The maximum Gasteiger partial charge on any atom is 0.236 e. The molecule has 1 amide bonds. The lowest BCUT2D eigenvalue weighted by Gasteiger charge is -2.17. The molecule has 0 fully saturated rings. The number of hydrogen-bond donors (Lipinski definition) is 1. The monoisotopic (exact) mass is 256 g/mol. The Bertz CT molecular complexity index is 396. The van der Waals surface area contributed by atoms with Gasteiger partial charge >= 0.3 is 0 Å². The molecule has 1 aromatic rings. The summed E-state index contributed by atoms with van der Waals surface area (Å²) in [6, 6.07) is 5.51. The van der Waals surface area contributed by atoms with Crippen LogP contribution < -0.4 is 10.1 Å². The molecule has 0 bridgehead atoms. The second-order valence-electron chi connectivity index (χ2n) is 3.75. The lowest BCUT2D eigenvalue weighted by Crippen LogP contribution is -2.33. The van der Waals surface area contributed by atoms with Gasteiger partial charge in [-0.05, 0) is 24.7 Å². The van der Waals surface area contributed by atoms with Gasteiger partial charge in [-0.15, -0.1) is 0 Å². The molecular weight excluding hydrogens is 240 g/mol. The van der Waals surface area contributed by atoms with Gasteiger partial charge in [-0.25, -0.2) is 0 Å². The molecule has 17 heavy (non-hydrogen) atoms. The van der Waals surface area contributed by atoms with Crippen molar-refractivity contribution in [1.29, 1.82) is 0 Å². The number of hydrogen-bond acceptors (Lipinski definition) is 3. The number of methoxy groups -OCH3 is 1. The number of halogens is 1. The number of carbonyl (C=O) groups excluding carboxylic acids is 1. The lowest BCUT2D eigenvalue weighted by molar-refractivity contribution is -0.129. The Morgan fingerprint density at radius 3 is 2.76 bits per heavy atom. The van der Waals surface area contributed by atoms with Crippen LogP contribution in [0.25, 0.3) is 0 Å². The molecule has 0 atom stereocenters. The van der Waals surface area contributed by atoms with E-state index in [1.807, 2.05) is 12.1 Å². The highest BCUT2D eigenvalue weighted by Crippen LogP contribution is 2.25. The number of nitrogens with zero attached hydrogens (tertiary/aromatic N) is 1. The molecule has 1 aromatic carbocycles. The highest BCUT2D eigenvalue weighted by molar-refractivity contribution is 6.32. The summed E-state index contributed by atoms with van der Waals surface area (Å²) in [4.78, 5) is 13.2. The van der Waals surface area contributed by atoms with Crippen LogP contribution >= 0.6 is 11.6 Å². The summed E-state index contributed by atoms with van der Waals surface area (Å²) in [7, 11) is 5.08. The SMILES string of the molecule is CNCC(=O)N(C)Cc1ccc(OC)c(Cl)c1. The predicted molar refractivity (Wildman–Crippen MR) is 68.4 cm³/mol. The number of ether oxygens (including phenoxy) is 1. The molecule has 0 aliphatic carbocycles. The Morgan fingerprint density at radius 2 is 2.24 bits per heavy atom. The van der Waals surface area contributed by atoms with Crippen molar-refractivity contribution in [1.82, 2.24) is 10.2 Å². The largest absolute Gasteiger partial charge is 0.495 e. The molecule has 0 aliphatic heterocycles. The van der Waals surface area contributed by atoms with Crippen LogP contribution in [0.1, 0.15) is 5.56 Å². The average Bonchev–Trinajstić information content (AvgIpc) is 2.29. The van der Waals surface area contributed by atoms with Crippen molar-refractivity contribution in [2.75, 3.05) is 27.7 Å². The van der Waals surface area contributed by atoms with E-state index >= 15 is 0 Å². The van der Waals surface area contributed by atoms with Crippen LogP contribution in [0, 0.1) is 0 Å². The lowest BCUT2D eigenvalue weighted by atomic mass is 10.2. The third-order valence-corrected chi connectivity index (χ3v) is 2.69. The van der Waals surface area contributed by atoms with E-state index in [1.165, 1.54) is 0 Å². The second kappa shape index (κ2) is 6.47. The molecule has 0 unspecified atom stereocenters. The van der Waals surface area contributed by atoms with Crippen LogP contribution in [0.4, 0.5) is 0 Å². The van der Waals surface area contributed by atoms with Gasteiger partial charge in [0.15, 0.2) is 0 Å². The minimum atomic E-state index is 0.0411. The van der Waals surface area contributed by atoms with Crippen LogP contribution in [0.5, 0.6) is 5.75 Å². The molecule has 0 radical (unpaired) electrons. The van der Waals surface area contributed by atoms with E-state index in [-0.39, 0.29) is 5.91 Å². The molecule has 0 heterocycles. The zero-order chi connectivity index (χ0) is 12.8. The van der Waals surface area contributed by atoms with Crippen LogP contribution in [-0.4, -0.2) is 38.6 Å². The van der Waals surface area contributed by atoms with Crippen LogP contribution in [-0.2, 0) is 11.3 Å². The Kier molecular flexibility index (Phi) is 5.25. The van der Waals surface area contributed by atoms with Crippen molar-refractivity contribution in [2.24, 2.45) is 0 Å². The van der Waals surface area contributed by atoms with Crippen molar-refractivity contribution in [3.8, 4) is 5.75 Å². The fourth-order valence-electron chi connectivity index (χ4n) is 1.46. The Labute approximate surface area is 107 Å². The fraction of sp³-hybridized carbons (Fsp3) is 0.417. The summed E-state index contributed by atoms with van der Waals surface area (Å²) in [6.07, 6.45) is 0. The normalized spacial score (nSPS) is 10.1. The molecule has 0 saturated carbocycles. The molecule has 0 saturated heterocycles. The number of benzene rings is 1. The zero-order valence-electron chi connectivity index (χ0n) is 10.3. The summed E-state index contributed by atoms with van der Waals surface area (Å²) in [5.41, 5.74) is 0.975. The minimum Gasteiger partial charge on any atom is -0.495 e. The number of rotatable bonds is 5. The molecule has 0 spiro atoms. The van der Waals surface area contributed by atoms with E-state index in [2.05, 4.69) is 5.32 Å². The first-order chi connectivity index (χ1) is 8.08. The van der Waals surface area contributed by atoms with Gasteiger partial charge in [0.1, 0.15) is 5.75 Å². The first-order valence-electron chi connectivity index (χ1n) is 5.29. The maximum atomic E-state index is 11.6. The van der Waals surface area contributed by atoms with Crippen LogP contribution in [0.2, 0.25) is 5.02 Å². The van der Waals surface area contributed by atoms with Gasteiger partial charge in [0.05, 0.1) is 18.7 Å². The van der Waals surface area contributed by atoms with E-state index in [0.29, 0.717) is 23.9 Å². The maximum absolute atomic E-state index is 11.6. The van der Waals surface area contributed by atoms with Gasteiger partial charge in [0, 0.05) is 13.6 Å². The van der Waals surface area contributed by atoms with Crippen molar-refractivity contribution in [3.05, 3.63) is 28.8 Å². The molecule has 94 valence electrons. The molecule has 4 nitrogen and oxygen atoms in total. The van der Waals surface area contributed by atoms with Gasteiger partial charge in [0.25, 0.3) is 0 Å². The number of likely N-dealkylation sites (N-methyl/N-ethyl adjacent to an activating group) is 2. The fourth-order valence-corrected chi connectivity index (χ4v) is 1.74. The third-order valence-electron chi connectivity index (χ3n) is 2.39. The zero-order valence-corrected chi connectivity index (χ0v) is 11.0. The quantitative estimate of drug-likeness (QED) is 0.869. The topological polar surface area (TPSA) is 41.6 Å².